The molecule has 10 heavy (non-hydrogen) atoms. The largest absolute Gasteiger partial charge is 0.0958 e. The fourth-order valence-corrected chi connectivity index (χ4v) is 2.70. The van der Waals surface area contributed by atoms with Gasteiger partial charge in [-0.05, 0) is 12.8 Å². The van der Waals surface area contributed by atoms with Crippen LogP contribution in [0, 0.1) is 0 Å². The lowest BCUT2D eigenvalue weighted by atomic mass is 10.2. The molecule has 0 nitrogen and oxygen atoms in total. The van der Waals surface area contributed by atoms with E-state index < -0.39 is 8.07 Å². The van der Waals surface area contributed by atoms with E-state index in [1.807, 2.05) is 0 Å². The zero-order valence-corrected chi connectivity index (χ0v) is 8.99. The van der Waals surface area contributed by atoms with Crippen molar-refractivity contribution in [2.75, 3.05) is 0 Å². The minimum atomic E-state index is -0.924. The van der Waals surface area contributed by atoms with Gasteiger partial charge in [-0.3, -0.25) is 0 Å². The number of hydrogen-bond acceptors (Lipinski definition) is 0. The predicted molar refractivity (Wildman–Crippen MR) is 52.0 cm³/mol. The van der Waals surface area contributed by atoms with Gasteiger partial charge in [0.25, 0.3) is 0 Å². The van der Waals surface area contributed by atoms with Crippen molar-refractivity contribution in [3.8, 4) is 0 Å². The Morgan fingerprint density at radius 3 is 1.60 bits per heavy atom. The zero-order valence-electron chi connectivity index (χ0n) is 7.99. The molecule has 0 heterocycles. The van der Waals surface area contributed by atoms with Crippen LogP contribution in [0.15, 0.2) is 11.3 Å². The van der Waals surface area contributed by atoms with Crippen molar-refractivity contribution >= 4 is 8.07 Å². The topological polar surface area (TPSA) is 0 Å². The van der Waals surface area contributed by atoms with Crippen molar-refractivity contribution in [1.82, 2.24) is 0 Å². The molecule has 0 aromatic rings. The highest BCUT2D eigenvalue weighted by atomic mass is 28.3. The van der Waals surface area contributed by atoms with E-state index in [-0.39, 0.29) is 0 Å². The van der Waals surface area contributed by atoms with Crippen LogP contribution in [-0.2, 0) is 0 Å². The lowest BCUT2D eigenvalue weighted by molar-refractivity contribution is 0.980. The molecule has 0 aliphatic carbocycles. The maximum atomic E-state index is 2.52. The normalized spacial score (nSPS) is 11.3. The first-order chi connectivity index (χ1) is 4.49. The smallest absolute Gasteiger partial charge is 0.0686 e. The molecular weight excluding hydrogens is 136 g/mol. The van der Waals surface area contributed by atoms with Gasteiger partial charge in [0.1, 0.15) is 0 Å². The highest BCUT2D eigenvalue weighted by Gasteiger charge is 2.08. The van der Waals surface area contributed by atoms with Crippen molar-refractivity contribution in [3.05, 3.63) is 11.3 Å². The fraction of sp³-hybridized carbons (Fsp3) is 0.778. The van der Waals surface area contributed by atoms with E-state index in [2.05, 4.69) is 39.2 Å². The second-order valence-corrected chi connectivity index (χ2v) is 8.90. The van der Waals surface area contributed by atoms with Gasteiger partial charge in [-0.25, -0.2) is 0 Å². The maximum absolute atomic E-state index is 2.52. The number of rotatable bonds is 3. The van der Waals surface area contributed by atoms with Gasteiger partial charge in [-0.2, -0.15) is 0 Å². The average molecular weight is 156 g/mol. The number of hydrogen-bond donors (Lipinski definition) is 0. The molecule has 60 valence electrons. The molecule has 0 saturated carbocycles. The highest BCUT2D eigenvalue weighted by molar-refractivity contribution is 6.81. The van der Waals surface area contributed by atoms with Gasteiger partial charge in [0.05, 0.1) is 8.07 Å². The summed E-state index contributed by atoms with van der Waals surface area (Å²) in [5.74, 6) is 0. The quantitative estimate of drug-likeness (QED) is 0.548. The molecular formula is C9H20Si. The van der Waals surface area contributed by atoms with Crippen LogP contribution in [0.2, 0.25) is 19.6 Å². The molecule has 0 radical (unpaired) electrons. The second kappa shape index (κ2) is 3.97. The van der Waals surface area contributed by atoms with Gasteiger partial charge >= 0.3 is 0 Å². The summed E-state index contributed by atoms with van der Waals surface area (Å²) in [5.41, 5.74) is 4.16. The Bertz CT molecular complexity index is 111. The Hall–Kier alpha value is -0.0431. The average Bonchev–Trinajstić information content (AvgIpc) is 1.81. The van der Waals surface area contributed by atoms with E-state index >= 15 is 0 Å². The summed E-state index contributed by atoms with van der Waals surface area (Å²) < 4.78 is 0. The summed E-state index contributed by atoms with van der Waals surface area (Å²) in [5, 5.41) is 0. The minimum Gasteiger partial charge on any atom is -0.0958 e. The standard InChI is InChI=1S/C9H20Si/c1-6-9(7-2)8-10(3,4)5/h8H,6-7H2,1-5H3. The Kier molecular flexibility index (Phi) is 3.95. The first-order valence-corrected chi connectivity index (χ1v) is 7.78. The van der Waals surface area contributed by atoms with Crippen LogP contribution in [0.1, 0.15) is 26.7 Å². The molecule has 0 unspecified atom stereocenters. The molecule has 0 N–H and O–H groups in total. The summed E-state index contributed by atoms with van der Waals surface area (Å²) in [6, 6.07) is 0. The summed E-state index contributed by atoms with van der Waals surface area (Å²) in [6.45, 7) is 11.7. The minimum absolute atomic E-state index is 0.924. The summed E-state index contributed by atoms with van der Waals surface area (Å²) in [6.07, 6.45) is 2.47. The van der Waals surface area contributed by atoms with E-state index in [4.69, 9.17) is 0 Å². The molecule has 0 saturated heterocycles. The first-order valence-electron chi connectivity index (χ1n) is 4.20. The van der Waals surface area contributed by atoms with E-state index in [1.165, 1.54) is 12.8 Å². The highest BCUT2D eigenvalue weighted by Crippen LogP contribution is 2.12. The SMILES string of the molecule is CCC(=C[Si](C)(C)C)CC. The molecule has 1 heteroatoms. The third-order valence-electron chi connectivity index (χ3n) is 1.55. The van der Waals surface area contributed by atoms with E-state index in [9.17, 15) is 0 Å². The molecule has 0 aliphatic rings. The van der Waals surface area contributed by atoms with E-state index in [0.29, 0.717) is 0 Å². The Labute approximate surface area is 66.4 Å². The third kappa shape index (κ3) is 4.80. The van der Waals surface area contributed by atoms with Crippen LogP contribution < -0.4 is 0 Å². The molecule has 0 aromatic carbocycles. The predicted octanol–water partition coefficient (Wildman–Crippen LogP) is 3.61. The van der Waals surface area contributed by atoms with Crippen molar-refractivity contribution in [1.29, 1.82) is 0 Å². The van der Waals surface area contributed by atoms with Crippen LogP contribution >= 0.6 is 0 Å². The van der Waals surface area contributed by atoms with Gasteiger partial charge in [-0.15, -0.1) is 0 Å². The van der Waals surface area contributed by atoms with Crippen molar-refractivity contribution < 1.29 is 0 Å². The van der Waals surface area contributed by atoms with Gasteiger partial charge in [0, 0.05) is 0 Å². The molecule has 0 fully saturated rings. The van der Waals surface area contributed by atoms with Crippen LogP contribution in [0.3, 0.4) is 0 Å². The Balaban J connectivity index is 4.11. The Morgan fingerprint density at radius 1 is 1.10 bits per heavy atom. The monoisotopic (exact) mass is 156 g/mol. The third-order valence-corrected chi connectivity index (χ3v) is 2.82. The van der Waals surface area contributed by atoms with Gasteiger partial charge in [0.15, 0.2) is 0 Å². The second-order valence-electron chi connectivity index (χ2n) is 3.88. The molecule has 0 bridgehead atoms. The van der Waals surface area contributed by atoms with Crippen LogP contribution in [-0.4, -0.2) is 8.07 Å². The van der Waals surface area contributed by atoms with Crippen molar-refractivity contribution in [2.45, 2.75) is 46.3 Å². The van der Waals surface area contributed by atoms with E-state index in [1.54, 1.807) is 5.57 Å². The van der Waals surface area contributed by atoms with Crippen molar-refractivity contribution in [3.63, 3.8) is 0 Å². The van der Waals surface area contributed by atoms with Gasteiger partial charge < -0.3 is 0 Å². The van der Waals surface area contributed by atoms with Crippen LogP contribution in [0.25, 0.3) is 0 Å². The first kappa shape index (κ1) is 9.96. The van der Waals surface area contributed by atoms with Gasteiger partial charge in [-0.1, -0.05) is 44.8 Å². The number of allylic oxidation sites excluding steroid dienone is 1. The Morgan fingerprint density at radius 2 is 1.50 bits per heavy atom. The molecule has 0 amide bonds. The molecule has 0 aliphatic heterocycles. The van der Waals surface area contributed by atoms with Crippen molar-refractivity contribution in [2.24, 2.45) is 0 Å². The molecule has 0 rings (SSSR count). The molecule has 0 aromatic heterocycles. The van der Waals surface area contributed by atoms with Crippen LogP contribution in [0.5, 0.6) is 0 Å². The fourth-order valence-electron chi connectivity index (χ4n) is 1.07. The maximum Gasteiger partial charge on any atom is 0.0686 e. The molecule has 0 spiro atoms. The lowest BCUT2D eigenvalue weighted by Gasteiger charge is -2.12. The van der Waals surface area contributed by atoms with E-state index in [0.717, 1.165) is 0 Å². The van der Waals surface area contributed by atoms with Gasteiger partial charge in [0.2, 0.25) is 0 Å². The van der Waals surface area contributed by atoms with Crippen LogP contribution in [0.4, 0.5) is 0 Å². The summed E-state index contributed by atoms with van der Waals surface area (Å²) in [7, 11) is -0.924. The lowest BCUT2D eigenvalue weighted by Crippen LogP contribution is -2.16. The zero-order chi connectivity index (χ0) is 8.20. The summed E-state index contributed by atoms with van der Waals surface area (Å²) in [4.78, 5) is 0. The molecule has 0 atom stereocenters. The summed E-state index contributed by atoms with van der Waals surface area (Å²) >= 11 is 0.